The number of aryl methyl sites for hydroxylation is 2. The van der Waals surface area contributed by atoms with Gasteiger partial charge < -0.3 is 4.74 Å². The molecule has 0 N–H and O–H groups in total. The van der Waals surface area contributed by atoms with Gasteiger partial charge >= 0.3 is 11.5 Å². The van der Waals surface area contributed by atoms with Crippen molar-refractivity contribution in [3.05, 3.63) is 60.1 Å². The van der Waals surface area contributed by atoms with Gasteiger partial charge in [0.05, 0.1) is 21.0 Å². The maximum Gasteiger partial charge on any atom is 0.327 e. The van der Waals surface area contributed by atoms with Crippen LogP contribution < -0.4 is 4.74 Å². The topological polar surface area (TPSA) is 20.5 Å². The molecule has 0 saturated heterocycles. The fraction of sp³-hybridized carbons (Fsp3) is 0.167. The molecule has 0 bridgehead atoms. The highest BCUT2D eigenvalue weighted by Crippen LogP contribution is 2.28. The van der Waals surface area contributed by atoms with Crippen LogP contribution in [0.3, 0.4) is 0 Å². The monoisotopic (exact) mass is 265 g/mol. The SMILES string of the molecule is COc1ccc2cc(-c3cc(C)[o+]c(C)c3)ccc2c1. The maximum atomic E-state index is 5.54. The highest BCUT2D eigenvalue weighted by Gasteiger charge is 2.10. The zero-order chi connectivity index (χ0) is 14.1. The van der Waals surface area contributed by atoms with Gasteiger partial charge in [-0.25, -0.2) is 4.42 Å². The minimum atomic E-state index is 0.885. The molecular weight excluding hydrogens is 248 g/mol. The zero-order valence-corrected chi connectivity index (χ0v) is 11.9. The van der Waals surface area contributed by atoms with Crippen molar-refractivity contribution in [2.45, 2.75) is 13.8 Å². The summed E-state index contributed by atoms with van der Waals surface area (Å²) in [4.78, 5) is 0. The van der Waals surface area contributed by atoms with E-state index in [1.54, 1.807) is 7.11 Å². The van der Waals surface area contributed by atoms with Gasteiger partial charge in [-0.15, -0.1) is 0 Å². The second-order valence-corrected chi connectivity index (χ2v) is 5.00. The lowest BCUT2D eigenvalue weighted by Crippen LogP contribution is -1.85. The van der Waals surface area contributed by atoms with Crippen molar-refractivity contribution < 1.29 is 9.15 Å². The molecule has 0 unspecified atom stereocenters. The van der Waals surface area contributed by atoms with Gasteiger partial charge in [-0.05, 0) is 40.1 Å². The number of rotatable bonds is 2. The molecule has 1 aromatic heterocycles. The third kappa shape index (κ3) is 2.37. The van der Waals surface area contributed by atoms with Crippen molar-refractivity contribution in [2.75, 3.05) is 7.11 Å². The molecule has 0 aliphatic carbocycles. The van der Waals surface area contributed by atoms with Crippen LogP contribution in [-0.4, -0.2) is 7.11 Å². The first-order valence-electron chi connectivity index (χ1n) is 6.65. The highest BCUT2D eigenvalue weighted by atomic mass is 16.5. The fourth-order valence-electron chi connectivity index (χ4n) is 2.49. The summed E-state index contributed by atoms with van der Waals surface area (Å²) >= 11 is 0. The van der Waals surface area contributed by atoms with Crippen LogP contribution in [0.1, 0.15) is 11.5 Å². The van der Waals surface area contributed by atoms with Crippen LogP contribution in [0.15, 0.2) is 52.9 Å². The largest absolute Gasteiger partial charge is 0.497 e. The van der Waals surface area contributed by atoms with Gasteiger partial charge in [0.2, 0.25) is 0 Å². The molecule has 0 atom stereocenters. The van der Waals surface area contributed by atoms with Crippen molar-refractivity contribution in [1.29, 1.82) is 0 Å². The van der Waals surface area contributed by atoms with Gasteiger partial charge in [-0.3, -0.25) is 0 Å². The van der Waals surface area contributed by atoms with Crippen LogP contribution in [0.4, 0.5) is 0 Å². The third-order valence-electron chi connectivity index (χ3n) is 3.42. The first-order valence-corrected chi connectivity index (χ1v) is 6.65. The Hall–Kier alpha value is -2.35. The molecule has 0 aliphatic heterocycles. The Labute approximate surface area is 118 Å². The first kappa shape index (κ1) is 12.7. The van der Waals surface area contributed by atoms with E-state index in [9.17, 15) is 0 Å². The summed E-state index contributed by atoms with van der Waals surface area (Å²) in [5.74, 6) is 2.74. The summed E-state index contributed by atoms with van der Waals surface area (Å²) in [5, 5.41) is 2.39. The minimum Gasteiger partial charge on any atom is -0.497 e. The molecule has 2 nitrogen and oxygen atoms in total. The first-order chi connectivity index (χ1) is 9.65. The van der Waals surface area contributed by atoms with Crippen LogP contribution in [0.2, 0.25) is 0 Å². The van der Waals surface area contributed by atoms with Gasteiger partial charge in [0.15, 0.2) is 0 Å². The Morgan fingerprint density at radius 3 is 2.10 bits per heavy atom. The van der Waals surface area contributed by atoms with Crippen LogP contribution in [0, 0.1) is 13.8 Å². The zero-order valence-electron chi connectivity index (χ0n) is 11.9. The number of fused-ring (bicyclic) bond motifs is 1. The molecule has 2 aromatic carbocycles. The van der Waals surface area contributed by atoms with Crippen LogP contribution in [0.5, 0.6) is 5.75 Å². The number of benzene rings is 2. The molecule has 3 rings (SSSR count). The molecular formula is C18H17O2+. The Balaban J connectivity index is 2.12. The second kappa shape index (κ2) is 4.97. The molecule has 1 heterocycles. The van der Waals surface area contributed by atoms with Crippen molar-refractivity contribution in [3.8, 4) is 16.9 Å². The van der Waals surface area contributed by atoms with Crippen LogP contribution >= 0.6 is 0 Å². The molecule has 3 aromatic rings. The van der Waals surface area contributed by atoms with Gasteiger partial charge in [0, 0.05) is 12.1 Å². The summed E-state index contributed by atoms with van der Waals surface area (Å²) in [6.07, 6.45) is 0. The number of hydrogen-bond acceptors (Lipinski definition) is 1. The highest BCUT2D eigenvalue weighted by molar-refractivity contribution is 5.88. The van der Waals surface area contributed by atoms with E-state index in [0.717, 1.165) is 17.3 Å². The van der Waals surface area contributed by atoms with E-state index >= 15 is 0 Å². The van der Waals surface area contributed by atoms with Gasteiger partial charge in [0.1, 0.15) is 5.75 Å². The average molecular weight is 265 g/mol. The van der Waals surface area contributed by atoms with Crippen molar-refractivity contribution in [3.63, 3.8) is 0 Å². The van der Waals surface area contributed by atoms with E-state index in [-0.39, 0.29) is 0 Å². The van der Waals surface area contributed by atoms with Crippen LogP contribution in [0.25, 0.3) is 21.9 Å². The molecule has 100 valence electrons. The van der Waals surface area contributed by atoms with E-state index in [1.807, 2.05) is 19.9 Å². The quantitative estimate of drug-likeness (QED) is 0.607. The Bertz CT molecular complexity index is 755. The minimum absolute atomic E-state index is 0.885. The molecule has 0 aliphatic rings. The van der Waals surface area contributed by atoms with Crippen molar-refractivity contribution in [1.82, 2.24) is 0 Å². The number of hydrogen-bond donors (Lipinski definition) is 0. The Kier molecular flexibility index (Phi) is 3.15. The van der Waals surface area contributed by atoms with E-state index in [4.69, 9.17) is 9.15 Å². The molecule has 0 spiro atoms. The summed E-state index contributed by atoms with van der Waals surface area (Å²) in [5.41, 5.74) is 2.38. The molecule has 0 fully saturated rings. The van der Waals surface area contributed by atoms with Gasteiger partial charge in [-0.1, -0.05) is 18.2 Å². The molecule has 0 radical (unpaired) electrons. The van der Waals surface area contributed by atoms with E-state index in [1.165, 1.54) is 21.9 Å². The Morgan fingerprint density at radius 2 is 1.40 bits per heavy atom. The second-order valence-electron chi connectivity index (χ2n) is 5.00. The van der Waals surface area contributed by atoms with Crippen molar-refractivity contribution >= 4 is 10.8 Å². The van der Waals surface area contributed by atoms with E-state index in [2.05, 4.69) is 42.5 Å². The predicted octanol–water partition coefficient (Wildman–Crippen LogP) is 5.01. The summed E-state index contributed by atoms with van der Waals surface area (Å²) in [6.45, 7) is 3.95. The lowest BCUT2D eigenvalue weighted by molar-refractivity contribution is 0.415. The normalized spacial score (nSPS) is 10.8. The standard InChI is InChI=1S/C18H17O2/c1-12-8-17(9-13(2)20-12)15-4-5-16-11-18(19-3)7-6-14(16)10-15/h4-11H,1-3H3/q+1. The average Bonchev–Trinajstić information content (AvgIpc) is 2.45. The van der Waals surface area contributed by atoms with Crippen molar-refractivity contribution in [2.24, 2.45) is 0 Å². The van der Waals surface area contributed by atoms with Crippen LogP contribution in [-0.2, 0) is 0 Å². The third-order valence-corrected chi connectivity index (χ3v) is 3.42. The summed E-state index contributed by atoms with van der Waals surface area (Å²) in [7, 11) is 1.69. The molecule has 20 heavy (non-hydrogen) atoms. The summed E-state index contributed by atoms with van der Waals surface area (Å²) < 4.78 is 10.8. The number of methoxy groups -OCH3 is 1. The molecule has 0 saturated carbocycles. The van der Waals surface area contributed by atoms with E-state index < -0.39 is 0 Å². The molecule has 0 amide bonds. The molecule has 2 heteroatoms. The smallest absolute Gasteiger partial charge is 0.327 e. The lowest BCUT2D eigenvalue weighted by atomic mass is 10.0. The number of ether oxygens (including phenoxy) is 1. The lowest BCUT2D eigenvalue weighted by Gasteiger charge is -2.05. The Morgan fingerprint density at radius 1 is 0.750 bits per heavy atom. The summed E-state index contributed by atoms with van der Waals surface area (Å²) in [6, 6.07) is 16.7. The van der Waals surface area contributed by atoms with E-state index in [0.29, 0.717) is 0 Å². The maximum absolute atomic E-state index is 5.54. The fourth-order valence-corrected chi connectivity index (χ4v) is 2.49. The van der Waals surface area contributed by atoms with Gasteiger partial charge in [0.25, 0.3) is 0 Å². The predicted molar refractivity (Wildman–Crippen MR) is 82.1 cm³/mol. The van der Waals surface area contributed by atoms with Gasteiger partial charge in [-0.2, -0.15) is 0 Å².